The zero-order chi connectivity index (χ0) is 20.1. The molecular weight excluding hydrogens is 363 g/mol. The van der Waals surface area contributed by atoms with Crippen molar-refractivity contribution in [2.45, 2.75) is 52.6 Å². The molecule has 28 heavy (non-hydrogen) atoms. The van der Waals surface area contributed by atoms with Crippen LogP contribution >= 0.6 is 0 Å². The maximum absolute atomic E-state index is 12.7. The smallest absolute Gasteiger partial charge is 0.416 e. The molecule has 0 radical (unpaired) electrons. The third-order valence-electron chi connectivity index (χ3n) is 6.11. The molecule has 1 aromatic carbocycles. The van der Waals surface area contributed by atoms with E-state index < -0.39 is 11.7 Å². The molecule has 2 nitrogen and oxygen atoms in total. The van der Waals surface area contributed by atoms with Gasteiger partial charge in [0.15, 0.2) is 0 Å². The second-order valence-electron chi connectivity index (χ2n) is 8.08. The van der Waals surface area contributed by atoms with Crippen molar-refractivity contribution in [2.24, 2.45) is 16.8 Å². The SMILES string of the molecule is Cc1oc(-c2ccc(C(F)(F)F)cc2)cc1CCC1=NC2=C(C1)CC(C)C2C. The van der Waals surface area contributed by atoms with E-state index in [9.17, 15) is 13.2 Å². The van der Waals surface area contributed by atoms with Gasteiger partial charge in [-0.25, -0.2) is 0 Å². The second-order valence-corrected chi connectivity index (χ2v) is 8.08. The summed E-state index contributed by atoms with van der Waals surface area (Å²) in [5.74, 6) is 2.67. The zero-order valence-electron chi connectivity index (χ0n) is 16.4. The van der Waals surface area contributed by atoms with Crippen molar-refractivity contribution in [3.63, 3.8) is 0 Å². The molecule has 2 atom stereocenters. The Morgan fingerprint density at radius 2 is 1.82 bits per heavy atom. The summed E-state index contributed by atoms with van der Waals surface area (Å²) in [4.78, 5) is 4.88. The van der Waals surface area contributed by atoms with Gasteiger partial charge in [0, 0.05) is 29.3 Å². The molecule has 0 saturated carbocycles. The van der Waals surface area contributed by atoms with Crippen LogP contribution in [0.3, 0.4) is 0 Å². The Kier molecular flexibility index (Phi) is 4.72. The van der Waals surface area contributed by atoms with Crippen LogP contribution in [0.1, 0.15) is 50.0 Å². The Morgan fingerprint density at radius 1 is 1.11 bits per heavy atom. The van der Waals surface area contributed by atoms with Crippen molar-refractivity contribution >= 4 is 5.71 Å². The van der Waals surface area contributed by atoms with Gasteiger partial charge in [-0.3, -0.25) is 4.99 Å². The van der Waals surface area contributed by atoms with Gasteiger partial charge in [-0.15, -0.1) is 0 Å². The van der Waals surface area contributed by atoms with Crippen LogP contribution in [0.25, 0.3) is 11.3 Å². The van der Waals surface area contributed by atoms with Crippen molar-refractivity contribution in [1.82, 2.24) is 0 Å². The van der Waals surface area contributed by atoms with Crippen molar-refractivity contribution in [2.75, 3.05) is 0 Å². The maximum atomic E-state index is 12.7. The van der Waals surface area contributed by atoms with E-state index >= 15 is 0 Å². The van der Waals surface area contributed by atoms with E-state index in [2.05, 4.69) is 13.8 Å². The highest BCUT2D eigenvalue weighted by Gasteiger charge is 2.32. The molecular formula is C23H24F3NO. The number of benzene rings is 1. The molecule has 2 unspecified atom stereocenters. The van der Waals surface area contributed by atoms with Crippen LogP contribution in [0.5, 0.6) is 0 Å². The number of hydrogen-bond acceptors (Lipinski definition) is 2. The monoisotopic (exact) mass is 387 g/mol. The van der Waals surface area contributed by atoms with Crippen LogP contribution in [0.4, 0.5) is 13.2 Å². The molecule has 0 bridgehead atoms. The predicted octanol–water partition coefficient (Wildman–Crippen LogP) is 6.98. The Bertz CT molecular complexity index is 947. The third-order valence-corrected chi connectivity index (χ3v) is 6.11. The first-order valence-corrected chi connectivity index (χ1v) is 9.77. The lowest BCUT2D eigenvalue weighted by Gasteiger charge is -2.12. The first-order chi connectivity index (χ1) is 13.2. The lowest BCUT2D eigenvalue weighted by Crippen LogP contribution is -2.05. The molecule has 0 spiro atoms. The van der Waals surface area contributed by atoms with E-state index in [1.807, 2.05) is 13.0 Å². The van der Waals surface area contributed by atoms with Gasteiger partial charge >= 0.3 is 6.18 Å². The minimum Gasteiger partial charge on any atom is -0.461 e. The van der Waals surface area contributed by atoms with E-state index in [-0.39, 0.29) is 0 Å². The Hall–Kier alpha value is -2.30. The van der Waals surface area contributed by atoms with Crippen molar-refractivity contribution in [1.29, 1.82) is 0 Å². The van der Waals surface area contributed by atoms with E-state index in [0.29, 0.717) is 23.2 Å². The first kappa shape index (κ1) is 19.0. The van der Waals surface area contributed by atoms with Crippen LogP contribution in [0.15, 0.2) is 51.0 Å². The highest BCUT2D eigenvalue weighted by molar-refractivity contribution is 5.90. The highest BCUT2D eigenvalue weighted by Crippen LogP contribution is 2.43. The largest absolute Gasteiger partial charge is 0.461 e. The fraction of sp³-hybridized carbons (Fsp3) is 0.435. The molecule has 1 aliphatic carbocycles. The number of alkyl halides is 3. The molecule has 0 fully saturated rings. The number of rotatable bonds is 4. The molecule has 2 aliphatic rings. The Balaban J connectivity index is 1.43. The van der Waals surface area contributed by atoms with Crippen LogP contribution in [0, 0.1) is 18.8 Å². The number of aliphatic imine (C=N–C) groups is 1. The molecule has 2 heterocycles. The zero-order valence-corrected chi connectivity index (χ0v) is 16.4. The van der Waals surface area contributed by atoms with Crippen molar-refractivity contribution in [3.05, 3.63) is 58.5 Å². The molecule has 1 aliphatic heterocycles. The summed E-state index contributed by atoms with van der Waals surface area (Å²) in [6, 6.07) is 7.05. The Morgan fingerprint density at radius 3 is 2.46 bits per heavy atom. The second kappa shape index (κ2) is 6.94. The van der Waals surface area contributed by atoms with Gasteiger partial charge in [-0.1, -0.05) is 26.0 Å². The maximum Gasteiger partial charge on any atom is 0.416 e. The quantitative estimate of drug-likeness (QED) is 0.555. The third kappa shape index (κ3) is 3.54. The van der Waals surface area contributed by atoms with Crippen LogP contribution in [-0.4, -0.2) is 5.71 Å². The number of furan rings is 1. The predicted molar refractivity (Wildman–Crippen MR) is 104 cm³/mol. The minimum atomic E-state index is -4.33. The summed E-state index contributed by atoms with van der Waals surface area (Å²) in [6.45, 7) is 6.45. The van der Waals surface area contributed by atoms with Gasteiger partial charge < -0.3 is 4.42 Å². The van der Waals surface area contributed by atoms with Crippen LogP contribution in [-0.2, 0) is 12.6 Å². The van der Waals surface area contributed by atoms with Gasteiger partial charge in [-0.2, -0.15) is 13.2 Å². The number of nitrogens with zero attached hydrogens (tertiary/aromatic N) is 1. The van der Waals surface area contributed by atoms with E-state index in [1.54, 1.807) is 0 Å². The standard InChI is InChI=1S/C23H24F3NO/c1-13-10-18-11-20(27-22(18)14(13)2)9-6-17-12-21(28-15(17)3)16-4-7-19(8-5-16)23(24,25)26/h4-5,7-8,12-14H,6,9-11H2,1-3H3. The summed E-state index contributed by atoms with van der Waals surface area (Å²) in [7, 11) is 0. The summed E-state index contributed by atoms with van der Waals surface area (Å²) in [5, 5.41) is 0. The topological polar surface area (TPSA) is 25.5 Å². The Labute approximate surface area is 163 Å². The van der Waals surface area contributed by atoms with Gasteiger partial charge in [-0.05, 0) is 61.4 Å². The molecule has 0 saturated heterocycles. The average molecular weight is 387 g/mol. The van der Waals surface area contributed by atoms with Gasteiger partial charge in [0.25, 0.3) is 0 Å². The molecule has 0 N–H and O–H groups in total. The minimum absolute atomic E-state index is 0.550. The average Bonchev–Trinajstić information content (AvgIpc) is 3.28. The molecule has 2 aromatic rings. The molecule has 5 heteroatoms. The number of hydrogen-bond donors (Lipinski definition) is 0. The molecule has 1 aromatic heterocycles. The molecule has 4 rings (SSSR count). The van der Waals surface area contributed by atoms with Crippen LogP contribution < -0.4 is 0 Å². The number of halogens is 3. The van der Waals surface area contributed by atoms with E-state index in [0.717, 1.165) is 49.1 Å². The van der Waals surface area contributed by atoms with Crippen LogP contribution in [0.2, 0.25) is 0 Å². The van der Waals surface area contributed by atoms with Crippen molar-refractivity contribution in [3.8, 4) is 11.3 Å². The summed E-state index contributed by atoms with van der Waals surface area (Å²) in [5.41, 5.74) is 5.14. The normalized spacial score (nSPS) is 22.0. The number of allylic oxidation sites excluding steroid dienone is 2. The fourth-order valence-corrected chi connectivity index (χ4v) is 4.22. The highest BCUT2D eigenvalue weighted by atomic mass is 19.4. The lowest BCUT2D eigenvalue weighted by molar-refractivity contribution is -0.137. The molecule has 148 valence electrons. The summed E-state index contributed by atoms with van der Waals surface area (Å²) in [6.07, 6.45) is -0.451. The van der Waals surface area contributed by atoms with E-state index in [1.165, 1.54) is 29.1 Å². The molecule has 0 amide bonds. The van der Waals surface area contributed by atoms with Crippen molar-refractivity contribution < 1.29 is 17.6 Å². The first-order valence-electron chi connectivity index (χ1n) is 9.77. The fourth-order valence-electron chi connectivity index (χ4n) is 4.22. The van der Waals surface area contributed by atoms with Gasteiger partial charge in [0.2, 0.25) is 0 Å². The van der Waals surface area contributed by atoms with E-state index in [4.69, 9.17) is 9.41 Å². The number of aryl methyl sites for hydroxylation is 2. The lowest BCUT2D eigenvalue weighted by atomic mass is 9.96. The summed E-state index contributed by atoms with van der Waals surface area (Å²) < 4.78 is 44.0. The van der Waals surface area contributed by atoms with Gasteiger partial charge in [0.05, 0.1) is 5.56 Å². The van der Waals surface area contributed by atoms with Gasteiger partial charge in [0.1, 0.15) is 11.5 Å². The summed E-state index contributed by atoms with van der Waals surface area (Å²) >= 11 is 0.